The average Bonchev–Trinajstić information content (AvgIpc) is 3.24. The zero-order valence-electron chi connectivity index (χ0n) is 19.2. The van der Waals surface area contributed by atoms with Gasteiger partial charge in [-0.2, -0.15) is 5.10 Å². The number of piperazine rings is 1. The zero-order valence-corrected chi connectivity index (χ0v) is 19.2. The summed E-state index contributed by atoms with van der Waals surface area (Å²) >= 11 is 0. The van der Waals surface area contributed by atoms with Gasteiger partial charge in [-0.1, -0.05) is 63.2 Å². The minimum atomic E-state index is -0.416. The van der Waals surface area contributed by atoms with Gasteiger partial charge in [0, 0.05) is 43.4 Å². The Morgan fingerprint density at radius 1 is 0.844 bits per heavy atom. The average molecular weight is 431 g/mol. The molecular formula is C26H30N4O2. The van der Waals surface area contributed by atoms with E-state index >= 15 is 0 Å². The topological polar surface area (TPSA) is 58.4 Å². The lowest BCUT2D eigenvalue weighted by Crippen LogP contribution is -2.53. The van der Waals surface area contributed by atoms with E-state index in [2.05, 4.69) is 0 Å². The van der Waals surface area contributed by atoms with Crippen molar-refractivity contribution < 1.29 is 9.59 Å². The Balaban J connectivity index is 1.64. The standard InChI is InChI=1S/C26H30N4O2/c1-19-10-8-9-13-21(19)23-22(18-30(27-23)20-11-6-5-7-12-20)24(31)28-14-16-29(17-15-28)25(32)26(2,3)4/h5-13,18H,14-17H2,1-4H3. The third-order valence-corrected chi connectivity index (χ3v) is 5.86. The molecule has 2 amide bonds. The summed E-state index contributed by atoms with van der Waals surface area (Å²) in [5.41, 5.74) is 3.78. The maximum Gasteiger partial charge on any atom is 0.257 e. The third kappa shape index (κ3) is 4.31. The van der Waals surface area contributed by atoms with Crippen LogP contribution in [-0.4, -0.2) is 57.6 Å². The number of rotatable bonds is 3. The van der Waals surface area contributed by atoms with Crippen molar-refractivity contribution in [3.05, 3.63) is 71.9 Å². The van der Waals surface area contributed by atoms with E-state index in [-0.39, 0.29) is 11.8 Å². The van der Waals surface area contributed by atoms with Gasteiger partial charge in [-0.05, 0) is 24.6 Å². The lowest BCUT2D eigenvalue weighted by Gasteiger charge is -2.37. The molecule has 0 spiro atoms. The number of para-hydroxylation sites is 1. The van der Waals surface area contributed by atoms with E-state index < -0.39 is 5.41 Å². The summed E-state index contributed by atoms with van der Waals surface area (Å²) < 4.78 is 1.77. The summed E-state index contributed by atoms with van der Waals surface area (Å²) in [7, 11) is 0. The van der Waals surface area contributed by atoms with Gasteiger partial charge in [0.1, 0.15) is 5.69 Å². The highest BCUT2D eigenvalue weighted by molar-refractivity contribution is 6.00. The number of benzene rings is 2. The van der Waals surface area contributed by atoms with Crippen molar-refractivity contribution >= 4 is 11.8 Å². The molecule has 0 unspecified atom stereocenters. The van der Waals surface area contributed by atoms with Crippen LogP contribution < -0.4 is 0 Å². The maximum absolute atomic E-state index is 13.6. The summed E-state index contributed by atoms with van der Waals surface area (Å²) in [6.45, 7) is 9.96. The first-order chi connectivity index (χ1) is 15.3. The molecule has 0 atom stereocenters. The summed E-state index contributed by atoms with van der Waals surface area (Å²) in [6, 6.07) is 17.8. The highest BCUT2D eigenvalue weighted by Gasteiger charge is 2.32. The number of nitrogens with zero attached hydrogens (tertiary/aromatic N) is 4. The van der Waals surface area contributed by atoms with Crippen molar-refractivity contribution in [1.82, 2.24) is 19.6 Å². The monoisotopic (exact) mass is 430 g/mol. The first-order valence-electron chi connectivity index (χ1n) is 11.1. The van der Waals surface area contributed by atoms with Gasteiger partial charge in [0.05, 0.1) is 11.3 Å². The lowest BCUT2D eigenvalue weighted by atomic mass is 9.94. The van der Waals surface area contributed by atoms with Crippen LogP contribution in [0.3, 0.4) is 0 Å². The van der Waals surface area contributed by atoms with Gasteiger partial charge in [-0.3, -0.25) is 9.59 Å². The van der Waals surface area contributed by atoms with Crippen LogP contribution in [0.4, 0.5) is 0 Å². The molecule has 6 nitrogen and oxygen atoms in total. The summed E-state index contributed by atoms with van der Waals surface area (Å²) in [4.78, 5) is 29.9. The number of carbonyl (C=O) groups excluding carboxylic acids is 2. The number of hydrogen-bond acceptors (Lipinski definition) is 3. The number of aromatic nitrogens is 2. The van der Waals surface area contributed by atoms with Crippen LogP contribution in [0.5, 0.6) is 0 Å². The number of carbonyl (C=O) groups is 2. The van der Waals surface area contributed by atoms with Crippen molar-refractivity contribution in [2.45, 2.75) is 27.7 Å². The molecular weight excluding hydrogens is 400 g/mol. The molecule has 1 aliphatic rings. The second-order valence-electron chi connectivity index (χ2n) is 9.32. The predicted octanol–water partition coefficient (Wildman–Crippen LogP) is 4.18. The highest BCUT2D eigenvalue weighted by Crippen LogP contribution is 2.28. The molecule has 4 rings (SSSR count). The van der Waals surface area contributed by atoms with Crippen LogP contribution in [0.2, 0.25) is 0 Å². The largest absolute Gasteiger partial charge is 0.339 e. The molecule has 166 valence electrons. The second kappa shape index (κ2) is 8.61. The summed E-state index contributed by atoms with van der Waals surface area (Å²) in [5.74, 6) is 0.0791. The Bertz CT molecular complexity index is 1120. The van der Waals surface area contributed by atoms with Crippen LogP contribution in [0, 0.1) is 12.3 Å². The van der Waals surface area contributed by atoms with Crippen LogP contribution in [0.25, 0.3) is 16.9 Å². The Morgan fingerprint density at radius 2 is 1.44 bits per heavy atom. The molecule has 0 saturated carbocycles. The highest BCUT2D eigenvalue weighted by atomic mass is 16.2. The molecule has 0 aliphatic carbocycles. The van der Waals surface area contributed by atoms with Crippen LogP contribution in [-0.2, 0) is 4.79 Å². The zero-order chi connectivity index (χ0) is 22.9. The lowest BCUT2D eigenvalue weighted by molar-refractivity contribution is -0.140. The normalized spacial score (nSPS) is 14.5. The van der Waals surface area contributed by atoms with E-state index in [9.17, 15) is 9.59 Å². The first-order valence-corrected chi connectivity index (χ1v) is 11.1. The smallest absolute Gasteiger partial charge is 0.257 e. The van der Waals surface area contributed by atoms with E-state index in [1.807, 2.05) is 98.3 Å². The number of aryl methyl sites for hydroxylation is 1. The third-order valence-electron chi connectivity index (χ3n) is 5.86. The van der Waals surface area contributed by atoms with Gasteiger partial charge in [0.15, 0.2) is 0 Å². The predicted molar refractivity (Wildman–Crippen MR) is 126 cm³/mol. The summed E-state index contributed by atoms with van der Waals surface area (Å²) in [5, 5.41) is 4.81. The second-order valence-corrected chi connectivity index (χ2v) is 9.32. The van der Waals surface area contributed by atoms with Crippen molar-refractivity contribution in [1.29, 1.82) is 0 Å². The molecule has 0 N–H and O–H groups in total. The van der Waals surface area contributed by atoms with E-state index in [1.165, 1.54) is 0 Å². The van der Waals surface area contributed by atoms with Crippen molar-refractivity contribution in [3.63, 3.8) is 0 Å². The molecule has 2 aromatic carbocycles. The van der Waals surface area contributed by atoms with Crippen molar-refractivity contribution in [2.24, 2.45) is 5.41 Å². The van der Waals surface area contributed by atoms with E-state index in [4.69, 9.17) is 5.10 Å². The fraction of sp³-hybridized carbons (Fsp3) is 0.346. The quantitative estimate of drug-likeness (QED) is 0.626. The molecule has 6 heteroatoms. The van der Waals surface area contributed by atoms with Gasteiger partial charge in [0.25, 0.3) is 5.91 Å². The Labute approximate surface area is 189 Å². The molecule has 1 fully saturated rings. The van der Waals surface area contributed by atoms with Gasteiger partial charge in [-0.15, -0.1) is 0 Å². The molecule has 1 saturated heterocycles. The molecule has 2 heterocycles. The SMILES string of the molecule is Cc1ccccc1-c1nn(-c2ccccc2)cc1C(=O)N1CCN(C(=O)C(C)(C)C)CC1. The Kier molecular flexibility index (Phi) is 5.87. The van der Waals surface area contributed by atoms with Gasteiger partial charge >= 0.3 is 0 Å². The first kappa shape index (κ1) is 21.8. The van der Waals surface area contributed by atoms with Crippen molar-refractivity contribution in [3.8, 4) is 16.9 Å². The van der Waals surface area contributed by atoms with Gasteiger partial charge in [0.2, 0.25) is 5.91 Å². The van der Waals surface area contributed by atoms with E-state index in [0.29, 0.717) is 37.4 Å². The Hall–Kier alpha value is -3.41. The van der Waals surface area contributed by atoms with Crippen LogP contribution in [0.1, 0.15) is 36.7 Å². The fourth-order valence-corrected chi connectivity index (χ4v) is 4.04. The van der Waals surface area contributed by atoms with E-state index in [0.717, 1.165) is 16.8 Å². The van der Waals surface area contributed by atoms with Crippen molar-refractivity contribution in [2.75, 3.05) is 26.2 Å². The minimum Gasteiger partial charge on any atom is -0.339 e. The molecule has 0 radical (unpaired) electrons. The minimum absolute atomic E-state index is 0.0479. The molecule has 32 heavy (non-hydrogen) atoms. The Morgan fingerprint density at radius 3 is 2.06 bits per heavy atom. The molecule has 0 bridgehead atoms. The van der Waals surface area contributed by atoms with Crippen LogP contribution >= 0.6 is 0 Å². The van der Waals surface area contributed by atoms with Gasteiger partial charge in [-0.25, -0.2) is 4.68 Å². The molecule has 1 aromatic heterocycles. The van der Waals surface area contributed by atoms with E-state index in [1.54, 1.807) is 4.68 Å². The number of amides is 2. The maximum atomic E-state index is 13.6. The fourth-order valence-electron chi connectivity index (χ4n) is 4.04. The molecule has 1 aliphatic heterocycles. The van der Waals surface area contributed by atoms with Crippen LogP contribution in [0.15, 0.2) is 60.8 Å². The summed E-state index contributed by atoms with van der Waals surface area (Å²) in [6.07, 6.45) is 1.83. The molecule has 3 aromatic rings. The van der Waals surface area contributed by atoms with Gasteiger partial charge < -0.3 is 9.80 Å². The number of hydrogen-bond donors (Lipinski definition) is 0.